The Hall–Kier alpha value is -0.280. The first kappa shape index (κ1) is 28.7. The molecule has 36 heavy (non-hydrogen) atoms. The van der Waals surface area contributed by atoms with Gasteiger partial charge in [-0.3, -0.25) is 0 Å². The average molecular weight is 513 g/mol. The Morgan fingerprint density at radius 3 is 2.28 bits per heavy atom. The van der Waals surface area contributed by atoms with Gasteiger partial charge in [-0.2, -0.15) is 0 Å². The van der Waals surface area contributed by atoms with Crippen LogP contribution in [0, 0.1) is 46.3 Å². The summed E-state index contributed by atoms with van der Waals surface area (Å²) in [6.45, 7) is 9.83. The third kappa shape index (κ3) is 4.11. The van der Waals surface area contributed by atoms with Crippen molar-refractivity contribution in [1.29, 1.82) is 0 Å². The maximum absolute atomic E-state index is 11.7. The highest BCUT2D eigenvalue weighted by Gasteiger charge is 2.70. The number of rotatable bonds is 7. The van der Waals surface area contributed by atoms with E-state index in [1.54, 1.807) is 6.92 Å². The van der Waals surface area contributed by atoms with Crippen LogP contribution in [0.25, 0.3) is 0 Å². The van der Waals surface area contributed by atoms with Gasteiger partial charge in [0, 0.05) is 11.8 Å². The van der Waals surface area contributed by atoms with E-state index in [0.717, 1.165) is 32.1 Å². The zero-order chi connectivity index (χ0) is 26.8. The van der Waals surface area contributed by atoms with Gasteiger partial charge in [0.25, 0.3) is 0 Å². The van der Waals surface area contributed by atoms with E-state index in [-0.39, 0.29) is 54.0 Å². The Bertz CT molecular complexity index is 790. The van der Waals surface area contributed by atoms with Gasteiger partial charge in [-0.1, -0.05) is 34.1 Å². The lowest BCUT2D eigenvalue weighted by Crippen LogP contribution is -2.69. The van der Waals surface area contributed by atoms with Gasteiger partial charge >= 0.3 is 0 Å². The van der Waals surface area contributed by atoms with E-state index < -0.39 is 41.0 Å². The third-order valence-electron chi connectivity index (χ3n) is 12.3. The number of aliphatic hydroxyl groups excluding tert-OH is 5. The Morgan fingerprint density at radius 1 is 1.00 bits per heavy atom. The molecule has 0 aromatic carbocycles. The molecule has 4 fully saturated rings. The van der Waals surface area contributed by atoms with Gasteiger partial charge in [-0.15, -0.1) is 0 Å². The monoisotopic (exact) mass is 512 g/mol. The van der Waals surface area contributed by atoms with Crippen molar-refractivity contribution in [3.8, 4) is 0 Å². The van der Waals surface area contributed by atoms with E-state index in [0.29, 0.717) is 19.3 Å². The zero-order valence-corrected chi connectivity index (χ0v) is 23.0. The fraction of sp³-hybridized carbons (Fsp3) is 1.00. The van der Waals surface area contributed by atoms with Crippen LogP contribution in [0.2, 0.25) is 0 Å². The summed E-state index contributed by atoms with van der Waals surface area (Å²) < 4.78 is 0. The lowest BCUT2D eigenvalue weighted by Gasteiger charge is -2.65. The second-order valence-electron chi connectivity index (χ2n) is 14.0. The van der Waals surface area contributed by atoms with Crippen LogP contribution in [-0.4, -0.2) is 78.0 Å². The van der Waals surface area contributed by atoms with E-state index in [1.165, 1.54) is 0 Å². The van der Waals surface area contributed by atoms with E-state index >= 15 is 0 Å². The van der Waals surface area contributed by atoms with Gasteiger partial charge in [-0.25, -0.2) is 0 Å². The van der Waals surface area contributed by atoms with Crippen molar-refractivity contribution >= 4 is 0 Å². The van der Waals surface area contributed by atoms with Crippen LogP contribution in [0.3, 0.4) is 0 Å². The molecule has 0 heterocycles. The van der Waals surface area contributed by atoms with Crippen LogP contribution in [0.5, 0.6) is 0 Å². The fourth-order valence-electron chi connectivity index (χ4n) is 10.1. The third-order valence-corrected chi connectivity index (χ3v) is 12.3. The molecule has 0 unspecified atom stereocenters. The Kier molecular flexibility index (Phi) is 7.76. The van der Waals surface area contributed by atoms with Gasteiger partial charge < -0.3 is 35.7 Å². The summed E-state index contributed by atoms with van der Waals surface area (Å²) in [5.41, 5.74) is -3.28. The topological polar surface area (TPSA) is 142 Å². The molecule has 4 aliphatic carbocycles. The van der Waals surface area contributed by atoms with Crippen LogP contribution >= 0.6 is 0 Å². The van der Waals surface area contributed by atoms with Crippen LogP contribution < -0.4 is 0 Å². The van der Waals surface area contributed by atoms with Crippen LogP contribution in [0.4, 0.5) is 0 Å². The second kappa shape index (κ2) is 9.72. The Morgan fingerprint density at radius 2 is 1.67 bits per heavy atom. The van der Waals surface area contributed by atoms with Crippen molar-refractivity contribution in [1.82, 2.24) is 0 Å². The molecule has 0 aromatic rings. The van der Waals surface area contributed by atoms with Crippen molar-refractivity contribution in [2.75, 3.05) is 6.61 Å². The lowest BCUT2D eigenvalue weighted by molar-refractivity contribution is -0.268. The van der Waals surface area contributed by atoms with Crippen molar-refractivity contribution < 1.29 is 35.7 Å². The largest absolute Gasteiger partial charge is 0.393 e. The minimum atomic E-state index is -1.33. The standard InChI is InChI=1S/C29H52O7/c1-6-17(28(5,35)15-30)8-7-16(2)22-24(33)25(34)23-19-13-21(32)29(36)14-18(31)9-12-27(29,4)20(19)10-11-26(22,23)3/h16-25,30-36H,6-15H2,1-5H3/t16-,17-,18+,19-,20+,21-,22+,23-,24-,25-,26-,27-,28+,29+/m1/s1. The van der Waals surface area contributed by atoms with Crippen LogP contribution in [-0.2, 0) is 0 Å². The van der Waals surface area contributed by atoms with Crippen molar-refractivity contribution in [3.05, 3.63) is 0 Å². The smallest absolute Gasteiger partial charge is 0.0985 e. The van der Waals surface area contributed by atoms with Gasteiger partial charge in [0.2, 0.25) is 0 Å². The van der Waals surface area contributed by atoms with E-state index in [4.69, 9.17) is 0 Å². The molecular weight excluding hydrogens is 460 g/mol. The molecule has 4 rings (SSSR count). The summed E-state index contributed by atoms with van der Waals surface area (Å²) in [6.07, 6.45) is 2.53. The van der Waals surface area contributed by atoms with Gasteiger partial charge in [0.1, 0.15) is 0 Å². The molecule has 0 radical (unpaired) electrons. The van der Waals surface area contributed by atoms with Crippen molar-refractivity contribution in [2.24, 2.45) is 46.3 Å². The number of aliphatic hydroxyl groups is 7. The lowest BCUT2D eigenvalue weighted by atomic mass is 9.42. The molecule has 7 nitrogen and oxygen atoms in total. The van der Waals surface area contributed by atoms with Crippen LogP contribution in [0.1, 0.15) is 92.4 Å². The molecule has 7 N–H and O–H groups in total. The minimum absolute atomic E-state index is 0.000342. The number of hydrogen-bond acceptors (Lipinski definition) is 7. The van der Waals surface area contributed by atoms with Gasteiger partial charge in [0.05, 0.1) is 42.2 Å². The molecule has 14 atom stereocenters. The maximum Gasteiger partial charge on any atom is 0.0985 e. The molecule has 7 heteroatoms. The fourth-order valence-corrected chi connectivity index (χ4v) is 10.1. The van der Waals surface area contributed by atoms with E-state index in [1.807, 2.05) is 6.92 Å². The average Bonchev–Trinajstić information content (AvgIpc) is 3.01. The molecular formula is C29H52O7. The van der Waals surface area contributed by atoms with Crippen molar-refractivity contribution in [3.63, 3.8) is 0 Å². The van der Waals surface area contributed by atoms with Crippen LogP contribution in [0.15, 0.2) is 0 Å². The Labute approximate surface area is 216 Å². The molecule has 0 aliphatic heterocycles. The van der Waals surface area contributed by atoms with Gasteiger partial charge in [-0.05, 0) is 92.8 Å². The predicted octanol–water partition coefficient (Wildman–Crippen LogP) is 2.22. The summed E-state index contributed by atoms with van der Waals surface area (Å²) >= 11 is 0. The molecule has 4 saturated carbocycles. The first-order valence-electron chi connectivity index (χ1n) is 14.5. The molecule has 0 spiro atoms. The van der Waals surface area contributed by atoms with Crippen molar-refractivity contribution in [2.45, 2.75) is 128 Å². The molecule has 0 aromatic heterocycles. The SMILES string of the molecule is CC[C@H](CC[C@@H](C)[C@H]1[C@@H](O)[C@H](O)[C@H]2[C@@H]3C[C@@H](O)[C@@]4(O)C[C@@H](O)CC[C@]4(C)[C@H]3CC[C@]12C)[C@@](C)(O)CO. The maximum atomic E-state index is 11.7. The quantitative estimate of drug-likeness (QED) is 0.277. The molecule has 0 saturated heterocycles. The van der Waals surface area contributed by atoms with Gasteiger partial charge in [0.15, 0.2) is 0 Å². The second-order valence-corrected chi connectivity index (χ2v) is 14.0. The number of hydrogen-bond donors (Lipinski definition) is 7. The molecule has 4 aliphatic rings. The highest BCUT2D eigenvalue weighted by molar-refractivity contribution is 5.19. The Balaban J connectivity index is 1.58. The molecule has 0 amide bonds. The zero-order valence-electron chi connectivity index (χ0n) is 23.0. The summed E-state index contributed by atoms with van der Waals surface area (Å²) in [6, 6.07) is 0. The summed E-state index contributed by atoms with van der Waals surface area (Å²) in [5.74, 6) is -0.0645. The first-order chi connectivity index (χ1) is 16.7. The summed E-state index contributed by atoms with van der Waals surface area (Å²) in [7, 11) is 0. The highest BCUT2D eigenvalue weighted by Crippen LogP contribution is 2.69. The summed E-state index contributed by atoms with van der Waals surface area (Å²) in [4.78, 5) is 0. The van der Waals surface area contributed by atoms with E-state index in [9.17, 15) is 35.7 Å². The molecule has 210 valence electrons. The molecule has 0 bridgehead atoms. The van der Waals surface area contributed by atoms with E-state index in [2.05, 4.69) is 20.8 Å². The summed E-state index contributed by atoms with van der Waals surface area (Å²) in [5, 5.41) is 76.3. The normalized spacial score (nSPS) is 52.0. The minimum Gasteiger partial charge on any atom is -0.393 e. The predicted molar refractivity (Wildman–Crippen MR) is 137 cm³/mol. The highest BCUT2D eigenvalue weighted by atomic mass is 16.4. The number of fused-ring (bicyclic) bond motifs is 5. The first-order valence-corrected chi connectivity index (χ1v) is 14.5.